The fourth-order valence-corrected chi connectivity index (χ4v) is 3.12. The Bertz CT molecular complexity index is 610. The topological polar surface area (TPSA) is 66.4 Å². The largest absolute Gasteiger partial charge is 0.481 e. The van der Waals surface area contributed by atoms with Crippen LogP contribution < -0.4 is 5.32 Å². The van der Waals surface area contributed by atoms with Gasteiger partial charge in [0.25, 0.3) is 0 Å². The van der Waals surface area contributed by atoms with Gasteiger partial charge in [-0.15, -0.1) is 11.3 Å². The maximum atomic E-state index is 12.1. The predicted molar refractivity (Wildman–Crippen MR) is 91.6 cm³/mol. The van der Waals surface area contributed by atoms with Crippen molar-refractivity contribution in [2.75, 3.05) is 0 Å². The first-order valence-electron chi connectivity index (χ1n) is 7.71. The quantitative estimate of drug-likeness (QED) is 0.741. The summed E-state index contributed by atoms with van der Waals surface area (Å²) < 4.78 is 0. The van der Waals surface area contributed by atoms with Gasteiger partial charge in [-0.25, -0.2) is 0 Å². The first-order valence-corrected chi connectivity index (χ1v) is 8.59. The van der Waals surface area contributed by atoms with E-state index in [1.165, 1.54) is 4.88 Å². The zero-order valence-corrected chi connectivity index (χ0v) is 13.7. The third-order valence-electron chi connectivity index (χ3n) is 3.58. The number of rotatable bonds is 9. The van der Waals surface area contributed by atoms with E-state index >= 15 is 0 Å². The van der Waals surface area contributed by atoms with Gasteiger partial charge in [0.1, 0.15) is 0 Å². The van der Waals surface area contributed by atoms with Crippen molar-refractivity contribution in [3.8, 4) is 0 Å². The first-order chi connectivity index (χ1) is 11.1. The van der Waals surface area contributed by atoms with Crippen LogP contribution in [0.2, 0.25) is 0 Å². The van der Waals surface area contributed by atoms with Crippen LogP contribution in [0.4, 0.5) is 0 Å². The number of aliphatic carboxylic acids is 1. The van der Waals surface area contributed by atoms with Crippen LogP contribution >= 0.6 is 11.3 Å². The summed E-state index contributed by atoms with van der Waals surface area (Å²) in [6.45, 7) is 0. The highest BCUT2D eigenvalue weighted by Crippen LogP contribution is 2.12. The van der Waals surface area contributed by atoms with Gasteiger partial charge in [-0.2, -0.15) is 0 Å². The molecule has 5 heteroatoms. The summed E-state index contributed by atoms with van der Waals surface area (Å²) in [6.07, 6.45) is 2.30. The van der Waals surface area contributed by atoms with Gasteiger partial charge in [-0.3, -0.25) is 9.59 Å². The molecule has 23 heavy (non-hydrogen) atoms. The number of aryl methyl sites for hydroxylation is 1. The van der Waals surface area contributed by atoms with Gasteiger partial charge < -0.3 is 10.4 Å². The molecule has 2 rings (SSSR count). The smallest absolute Gasteiger partial charge is 0.303 e. The minimum absolute atomic E-state index is 0.0234. The molecule has 1 atom stereocenters. The average Bonchev–Trinajstić information content (AvgIpc) is 3.05. The maximum Gasteiger partial charge on any atom is 0.303 e. The molecule has 0 saturated carbocycles. The van der Waals surface area contributed by atoms with Crippen molar-refractivity contribution in [2.45, 2.75) is 38.1 Å². The normalized spacial score (nSPS) is 11.8. The third kappa shape index (κ3) is 6.65. The van der Waals surface area contributed by atoms with E-state index in [2.05, 4.69) is 5.32 Å². The van der Waals surface area contributed by atoms with E-state index < -0.39 is 5.97 Å². The lowest BCUT2D eigenvalue weighted by atomic mass is 10.0. The summed E-state index contributed by atoms with van der Waals surface area (Å²) in [6, 6.07) is 13.7. The number of hydrogen-bond donors (Lipinski definition) is 2. The van der Waals surface area contributed by atoms with E-state index in [1.54, 1.807) is 11.3 Å². The molecule has 0 aliphatic carbocycles. The highest BCUT2D eigenvalue weighted by atomic mass is 32.1. The fourth-order valence-electron chi connectivity index (χ4n) is 2.41. The lowest BCUT2D eigenvalue weighted by Gasteiger charge is -2.18. The Morgan fingerprint density at radius 3 is 2.52 bits per heavy atom. The molecule has 2 N–H and O–H groups in total. The molecule has 122 valence electrons. The monoisotopic (exact) mass is 331 g/mol. The van der Waals surface area contributed by atoms with Gasteiger partial charge in [0.2, 0.25) is 5.91 Å². The number of nitrogens with one attached hydrogen (secondary N) is 1. The van der Waals surface area contributed by atoms with Crippen molar-refractivity contribution in [3.05, 3.63) is 58.3 Å². The number of amides is 1. The molecule has 1 aromatic carbocycles. The second-order valence-corrected chi connectivity index (χ2v) is 6.50. The molecule has 0 bridgehead atoms. The minimum Gasteiger partial charge on any atom is -0.481 e. The number of carbonyl (C=O) groups is 2. The molecule has 2 aromatic rings. The maximum absolute atomic E-state index is 12.1. The molecule has 0 radical (unpaired) electrons. The van der Waals surface area contributed by atoms with Crippen molar-refractivity contribution >= 4 is 23.2 Å². The predicted octanol–water partition coefficient (Wildman–Crippen LogP) is 3.27. The standard InChI is InChI=1S/C18H21NO3S/c20-17(10-9-16-7-4-12-23-16)19-15(8-11-18(21)22)13-14-5-2-1-3-6-14/h1-7,12,15H,8-11,13H2,(H,19,20)(H,21,22). The molecule has 4 nitrogen and oxygen atoms in total. The summed E-state index contributed by atoms with van der Waals surface area (Å²) in [5.74, 6) is -0.861. The van der Waals surface area contributed by atoms with E-state index in [0.717, 1.165) is 12.0 Å². The van der Waals surface area contributed by atoms with Crippen molar-refractivity contribution < 1.29 is 14.7 Å². The molecule has 0 aliphatic rings. The van der Waals surface area contributed by atoms with Gasteiger partial charge in [0.15, 0.2) is 0 Å². The van der Waals surface area contributed by atoms with Crippen molar-refractivity contribution in [2.24, 2.45) is 0 Å². The van der Waals surface area contributed by atoms with Crippen molar-refractivity contribution in [3.63, 3.8) is 0 Å². The summed E-state index contributed by atoms with van der Waals surface area (Å²) in [5.41, 5.74) is 1.10. The van der Waals surface area contributed by atoms with Crippen LogP contribution in [0.1, 0.15) is 29.7 Å². The molecule has 0 saturated heterocycles. The van der Waals surface area contributed by atoms with E-state index in [4.69, 9.17) is 5.11 Å². The van der Waals surface area contributed by atoms with Crippen LogP contribution in [-0.2, 0) is 22.4 Å². The van der Waals surface area contributed by atoms with Gasteiger partial charge >= 0.3 is 5.97 Å². The lowest BCUT2D eigenvalue weighted by molar-refractivity contribution is -0.137. The van der Waals surface area contributed by atoms with Gasteiger partial charge in [-0.1, -0.05) is 36.4 Å². The highest BCUT2D eigenvalue weighted by molar-refractivity contribution is 7.09. The van der Waals surface area contributed by atoms with Crippen LogP contribution in [0, 0.1) is 0 Å². The number of thiophene rings is 1. The fraction of sp³-hybridized carbons (Fsp3) is 0.333. The van der Waals surface area contributed by atoms with Crippen molar-refractivity contribution in [1.29, 1.82) is 0 Å². The molecule has 0 fully saturated rings. The Hall–Kier alpha value is -2.14. The van der Waals surface area contributed by atoms with Crippen LogP contribution in [0.3, 0.4) is 0 Å². The van der Waals surface area contributed by atoms with Crippen LogP contribution in [0.5, 0.6) is 0 Å². The molecule has 1 heterocycles. The van der Waals surface area contributed by atoms with E-state index in [-0.39, 0.29) is 18.4 Å². The Labute approximate surface area is 140 Å². The number of hydrogen-bond acceptors (Lipinski definition) is 3. The second-order valence-electron chi connectivity index (χ2n) is 5.47. The van der Waals surface area contributed by atoms with Gasteiger partial charge in [0.05, 0.1) is 0 Å². The Balaban J connectivity index is 1.87. The lowest BCUT2D eigenvalue weighted by Crippen LogP contribution is -2.37. The summed E-state index contributed by atoms with van der Waals surface area (Å²) in [4.78, 5) is 24.1. The number of carbonyl (C=O) groups excluding carboxylic acids is 1. The third-order valence-corrected chi connectivity index (χ3v) is 4.51. The summed E-state index contributed by atoms with van der Waals surface area (Å²) >= 11 is 1.64. The average molecular weight is 331 g/mol. The number of carboxylic acids is 1. The van der Waals surface area contributed by atoms with Crippen LogP contribution in [0.25, 0.3) is 0 Å². The highest BCUT2D eigenvalue weighted by Gasteiger charge is 2.15. The second kappa shape index (κ2) is 9.10. The minimum atomic E-state index is -0.837. The van der Waals surface area contributed by atoms with Gasteiger partial charge in [0, 0.05) is 23.8 Å². The SMILES string of the molecule is O=C(O)CCC(Cc1ccccc1)NC(=O)CCc1cccs1. The van der Waals surface area contributed by atoms with E-state index in [0.29, 0.717) is 19.3 Å². The molecule has 0 spiro atoms. The Morgan fingerprint density at radius 2 is 1.87 bits per heavy atom. The van der Waals surface area contributed by atoms with Gasteiger partial charge in [-0.05, 0) is 36.3 Å². The zero-order chi connectivity index (χ0) is 16.5. The molecule has 0 aliphatic heterocycles. The molecular formula is C18H21NO3S. The summed E-state index contributed by atoms with van der Waals surface area (Å²) in [5, 5.41) is 13.9. The zero-order valence-electron chi connectivity index (χ0n) is 12.9. The molecule has 1 unspecified atom stereocenters. The molecular weight excluding hydrogens is 310 g/mol. The number of benzene rings is 1. The Kier molecular flexibility index (Phi) is 6.81. The van der Waals surface area contributed by atoms with Crippen molar-refractivity contribution in [1.82, 2.24) is 5.32 Å². The van der Waals surface area contributed by atoms with Crippen LogP contribution in [0.15, 0.2) is 47.8 Å². The molecule has 1 aromatic heterocycles. The van der Waals surface area contributed by atoms with E-state index in [9.17, 15) is 9.59 Å². The van der Waals surface area contributed by atoms with Crippen LogP contribution in [-0.4, -0.2) is 23.0 Å². The number of carboxylic acid groups (broad SMARTS) is 1. The Morgan fingerprint density at radius 1 is 1.09 bits per heavy atom. The molecule has 1 amide bonds. The summed E-state index contributed by atoms with van der Waals surface area (Å²) in [7, 11) is 0. The first kappa shape index (κ1) is 17.2. The van der Waals surface area contributed by atoms with E-state index in [1.807, 2.05) is 47.8 Å².